The fraction of sp³-hybridized carbons (Fsp3) is 0.500. The average Bonchev–Trinajstić information content (AvgIpc) is 2.37. The van der Waals surface area contributed by atoms with Crippen molar-refractivity contribution in [2.24, 2.45) is 0 Å². The highest BCUT2D eigenvalue weighted by Crippen LogP contribution is 2.18. The van der Waals surface area contributed by atoms with Gasteiger partial charge < -0.3 is 10.6 Å². The molecule has 1 unspecified atom stereocenters. The van der Waals surface area contributed by atoms with Crippen LogP contribution in [0.3, 0.4) is 0 Å². The van der Waals surface area contributed by atoms with Crippen molar-refractivity contribution in [2.45, 2.75) is 39.2 Å². The van der Waals surface area contributed by atoms with E-state index in [4.69, 9.17) is 11.6 Å². The molecule has 0 saturated heterocycles. The number of nitrogens with one attached hydrogen (secondary N) is 2. The Morgan fingerprint density at radius 1 is 1.28 bits per heavy atom. The summed E-state index contributed by atoms with van der Waals surface area (Å²) in [5.74, 6) is 0. The third kappa shape index (κ3) is 4.96. The number of carbonyl (C=O) groups is 1. The summed E-state index contributed by atoms with van der Waals surface area (Å²) >= 11 is 5.85. The summed E-state index contributed by atoms with van der Waals surface area (Å²) in [6.07, 6.45) is 2.93. The van der Waals surface area contributed by atoms with Crippen LogP contribution in [0.5, 0.6) is 0 Å². The summed E-state index contributed by atoms with van der Waals surface area (Å²) in [4.78, 5) is 11.7. The molecule has 2 N–H and O–H groups in total. The van der Waals surface area contributed by atoms with Gasteiger partial charge in [0.1, 0.15) is 0 Å². The number of rotatable bonds is 6. The Kier molecular flexibility index (Phi) is 6.58. The van der Waals surface area contributed by atoms with Crippen molar-refractivity contribution >= 4 is 17.6 Å². The molecule has 0 radical (unpaired) electrons. The SMILES string of the molecule is CCCCNC(=O)NC(CC)c1ccc(Cl)cc1. The molecular formula is C14H21ClN2O. The maximum absolute atomic E-state index is 11.7. The first-order chi connectivity index (χ1) is 8.67. The van der Waals surface area contributed by atoms with Crippen molar-refractivity contribution in [1.82, 2.24) is 10.6 Å². The first kappa shape index (κ1) is 14.8. The summed E-state index contributed by atoms with van der Waals surface area (Å²) in [5, 5.41) is 6.53. The van der Waals surface area contributed by atoms with E-state index in [0.29, 0.717) is 5.02 Å². The monoisotopic (exact) mass is 268 g/mol. The van der Waals surface area contributed by atoms with Crippen LogP contribution in [-0.2, 0) is 0 Å². The smallest absolute Gasteiger partial charge is 0.315 e. The number of amides is 2. The van der Waals surface area contributed by atoms with E-state index in [0.717, 1.165) is 31.4 Å². The zero-order valence-electron chi connectivity index (χ0n) is 11.0. The van der Waals surface area contributed by atoms with E-state index in [1.807, 2.05) is 31.2 Å². The Balaban J connectivity index is 2.51. The van der Waals surface area contributed by atoms with Gasteiger partial charge in [0.2, 0.25) is 0 Å². The average molecular weight is 269 g/mol. The van der Waals surface area contributed by atoms with Crippen LogP contribution in [0.25, 0.3) is 0 Å². The quantitative estimate of drug-likeness (QED) is 0.755. The summed E-state index contributed by atoms with van der Waals surface area (Å²) in [6, 6.07) is 7.51. The van der Waals surface area contributed by atoms with Gasteiger partial charge in [-0.3, -0.25) is 0 Å². The highest BCUT2D eigenvalue weighted by Gasteiger charge is 2.11. The van der Waals surface area contributed by atoms with E-state index in [2.05, 4.69) is 17.6 Å². The van der Waals surface area contributed by atoms with Gasteiger partial charge in [0.15, 0.2) is 0 Å². The second kappa shape index (κ2) is 7.98. The van der Waals surface area contributed by atoms with Crippen molar-refractivity contribution in [2.75, 3.05) is 6.54 Å². The lowest BCUT2D eigenvalue weighted by Gasteiger charge is -2.18. The molecule has 1 rings (SSSR count). The van der Waals surface area contributed by atoms with E-state index in [1.165, 1.54) is 0 Å². The maximum atomic E-state index is 11.7. The van der Waals surface area contributed by atoms with Crippen molar-refractivity contribution in [1.29, 1.82) is 0 Å². The predicted molar refractivity (Wildman–Crippen MR) is 75.9 cm³/mol. The zero-order chi connectivity index (χ0) is 13.4. The minimum atomic E-state index is -0.106. The van der Waals surface area contributed by atoms with Gasteiger partial charge in [-0.25, -0.2) is 4.79 Å². The molecule has 0 fully saturated rings. The fourth-order valence-electron chi connectivity index (χ4n) is 1.70. The van der Waals surface area contributed by atoms with Crippen LogP contribution in [0.1, 0.15) is 44.7 Å². The van der Waals surface area contributed by atoms with Crippen LogP contribution in [0.15, 0.2) is 24.3 Å². The van der Waals surface area contributed by atoms with Crippen molar-refractivity contribution in [3.05, 3.63) is 34.9 Å². The van der Waals surface area contributed by atoms with Gasteiger partial charge >= 0.3 is 6.03 Å². The van der Waals surface area contributed by atoms with Gasteiger partial charge in [-0.1, -0.05) is 44.0 Å². The van der Waals surface area contributed by atoms with Gasteiger partial charge in [-0.05, 0) is 30.5 Å². The number of carbonyl (C=O) groups excluding carboxylic acids is 1. The molecule has 0 aliphatic carbocycles. The number of halogens is 1. The van der Waals surface area contributed by atoms with Crippen molar-refractivity contribution in [3.8, 4) is 0 Å². The molecule has 2 amide bonds. The van der Waals surface area contributed by atoms with Gasteiger partial charge in [-0.15, -0.1) is 0 Å². The standard InChI is InChI=1S/C14H21ClN2O/c1-3-5-10-16-14(18)17-13(4-2)11-6-8-12(15)9-7-11/h6-9,13H,3-5,10H2,1-2H3,(H2,16,17,18). The molecule has 1 aromatic carbocycles. The van der Waals surface area contributed by atoms with Crippen LogP contribution in [0, 0.1) is 0 Å². The van der Waals surface area contributed by atoms with Crippen molar-refractivity contribution in [3.63, 3.8) is 0 Å². The lowest BCUT2D eigenvalue weighted by Crippen LogP contribution is -2.38. The lowest BCUT2D eigenvalue weighted by molar-refractivity contribution is 0.236. The third-order valence-electron chi connectivity index (χ3n) is 2.80. The Labute approximate surface area is 114 Å². The van der Waals surface area contributed by atoms with Crippen LogP contribution in [-0.4, -0.2) is 12.6 Å². The van der Waals surface area contributed by atoms with Crippen molar-refractivity contribution < 1.29 is 4.79 Å². The largest absolute Gasteiger partial charge is 0.338 e. The van der Waals surface area contributed by atoms with Gasteiger partial charge in [0, 0.05) is 11.6 Å². The molecule has 0 aliphatic rings. The van der Waals surface area contributed by atoms with E-state index in [-0.39, 0.29) is 12.1 Å². The van der Waals surface area contributed by atoms with E-state index in [9.17, 15) is 4.79 Å². The molecule has 0 spiro atoms. The Morgan fingerprint density at radius 3 is 2.50 bits per heavy atom. The molecule has 1 aromatic rings. The summed E-state index contributed by atoms with van der Waals surface area (Å²) in [7, 11) is 0. The number of hydrogen-bond donors (Lipinski definition) is 2. The molecule has 3 nitrogen and oxygen atoms in total. The summed E-state index contributed by atoms with van der Waals surface area (Å²) < 4.78 is 0. The number of hydrogen-bond acceptors (Lipinski definition) is 1. The van der Waals surface area contributed by atoms with Crippen LogP contribution >= 0.6 is 11.6 Å². The molecule has 4 heteroatoms. The Morgan fingerprint density at radius 2 is 1.94 bits per heavy atom. The van der Waals surface area contributed by atoms with Crippen LogP contribution in [0.2, 0.25) is 5.02 Å². The van der Waals surface area contributed by atoms with E-state index >= 15 is 0 Å². The van der Waals surface area contributed by atoms with Crippen LogP contribution in [0.4, 0.5) is 4.79 Å². The molecule has 0 bridgehead atoms. The molecule has 100 valence electrons. The fourth-order valence-corrected chi connectivity index (χ4v) is 1.83. The highest BCUT2D eigenvalue weighted by atomic mass is 35.5. The lowest BCUT2D eigenvalue weighted by atomic mass is 10.1. The topological polar surface area (TPSA) is 41.1 Å². The maximum Gasteiger partial charge on any atom is 0.315 e. The summed E-state index contributed by atoms with van der Waals surface area (Å²) in [5.41, 5.74) is 1.08. The highest BCUT2D eigenvalue weighted by molar-refractivity contribution is 6.30. The molecular weight excluding hydrogens is 248 g/mol. The molecule has 0 aromatic heterocycles. The van der Waals surface area contributed by atoms with Gasteiger partial charge in [0.05, 0.1) is 6.04 Å². The number of benzene rings is 1. The predicted octanol–water partition coefficient (Wildman–Crippen LogP) is 3.89. The summed E-state index contributed by atoms with van der Waals surface area (Å²) in [6.45, 7) is 4.87. The molecule has 0 heterocycles. The zero-order valence-corrected chi connectivity index (χ0v) is 11.8. The minimum Gasteiger partial charge on any atom is -0.338 e. The molecule has 0 aliphatic heterocycles. The van der Waals surface area contributed by atoms with E-state index in [1.54, 1.807) is 0 Å². The Hall–Kier alpha value is -1.22. The van der Waals surface area contributed by atoms with Crippen LogP contribution < -0.4 is 10.6 Å². The first-order valence-corrected chi connectivity index (χ1v) is 6.85. The molecule has 18 heavy (non-hydrogen) atoms. The number of urea groups is 1. The second-order valence-corrected chi connectivity index (χ2v) is 4.70. The third-order valence-corrected chi connectivity index (χ3v) is 3.05. The first-order valence-electron chi connectivity index (χ1n) is 6.47. The Bertz CT molecular complexity index is 365. The second-order valence-electron chi connectivity index (χ2n) is 4.27. The normalized spacial score (nSPS) is 11.9. The number of unbranched alkanes of at least 4 members (excludes halogenated alkanes) is 1. The van der Waals surface area contributed by atoms with E-state index < -0.39 is 0 Å². The molecule has 0 saturated carbocycles. The molecule has 1 atom stereocenters. The van der Waals surface area contributed by atoms with Gasteiger partial charge in [-0.2, -0.15) is 0 Å². The minimum absolute atomic E-state index is 0.0314. The van der Waals surface area contributed by atoms with Gasteiger partial charge in [0.25, 0.3) is 0 Å².